The maximum atomic E-state index is 5.84. The second kappa shape index (κ2) is 12.1. The minimum atomic E-state index is 0.407. The largest absolute Gasteiger partial charge is 0.494 e. The monoisotopic (exact) mass is 429 g/mol. The number of oxime groups is 1. The minimum absolute atomic E-state index is 0.407. The zero-order chi connectivity index (χ0) is 21.0. The van der Waals surface area contributed by atoms with Gasteiger partial charge in [-0.2, -0.15) is 0 Å². The van der Waals surface area contributed by atoms with E-state index in [9.17, 15) is 0 Å². The van der Waals surface area contributed by atoms with Crippen LogP contribution in [-0.4, -0.2) is 67.2 Å². The molecule has 1 fully saturated rings. The number of nitrogens with zero attached hydrogens (tertiary/aromatic N) is 5. The number of unbranched alkanes of at least 4 members (excludes halogenated alkanes) is 1. The molecule has 2 aromatic rings. The van der Waals surface area contributed by atoms with Gasteiger partial charge in [0.2, 0.25) is 0 Å². The first-order valence-corrected chi connectivity index (χ1v) is 10.6. The summed E-state index contributed by atoms with van der Waals surface area (Å²) in [6.45, 7) is 9.77. The molecule has 0 N–H and O–H groups in total. The van der Waals surface area contributed by atoms with Gasteiger partial charge in [0.15, 0.2) is 11.0 Å². The number of anilines is 1. The van der Waals surface area contributed by atoms with Gasteiger partial charge in [-0.1, -0.05) is 29.4 Å². The molecule has 0 aliphatic carbocycles. The van der Waals surface area contributed by atoms with Crippen LogP contribution in [0.5, 0.6) is 5.75 Å². The van der Waals surface area contributed by atoms with Crippen LogP contribution in [0.15, 0.2) is 54.2 Å². The molecule has 1 aromatic heterocycles. The number of halogens is 1. The average molecular weight is 430 g/mol. The Morgan fingerprint density at radius 2 is 1.83 bits per heavy atom. The summed E-state index contributed by atoms with van der Waals surface area (Å²) < 4.78 is 5.84. The molecule has 8 heteroatoms. The van der Waals surface area contributed by atoms with Gasteiger partial charge in [-0.15, -0.1) is 10.2 Å². The third kappa shape index (κ3) is 7.31. The highest BCUT2D eigenvalue weighted by molar-refractivity contribution is 6.29. The van der Waals surface area contributed by atoms with Crippen LogP contribution < -0.4 is 9.64 Å². The van der Waals surface area contributed by atoms with Crippen LogP contribution in [0.1, 0.15) is 18.4 Å². The Morgan fingerprint density at radius 1 is 1.03 bits per heavy atom. The molecule has 0 bridgehead atoms. The van der Waals surface area contributed by atoms with E-state index in [1.165, 1.54) is 0 Å². The summed E-state index contributed by atoms with van der Waals surface area (Å²) in [5, 5.41) is 12.4. The summed E-state index contributed by atoms with van der Waals surface area (Å²) in [4.78, 5) is 9.74. The van der Waals surface area contributed by atoms with Crippen LogP contribution in [0.2, 0.25) is 5.15 Å². The molecule has 0 unspecified atom stereocenters. The lowest BCUT2D eigenvalue weighted by Gasteiger charge is -2.35. The molecule has 30 heavy (non-hydrogen) atoms. The van der Waals surface area contributed by atoms with Gasteiger partial charge in [-0.25, -0.2) is 0 Å². The first kappa shape index (κ1) is 22.1. The summed E-state index contributed by atoms with van der Waals surface area (Å²) in [5.74, 6) is 1.77. The number of rotatable bonds is 11. The zero-order valence-electron chi connectivity index (χ0n) is 17.1. The third-order valence-electron chi connectivity index (χ3n) is 4.80. The molecule has 0 radical (unpaired) electrons. The molecule has 2 heterocycles. The van der Waals surface area contributed by atoms with Crippen molar-refractivity contribution in [1.82, 2.24) is 15.1 Å². The normalized spacial score (nSPS) is 14.8. The molecule has 7 nitrogen and oxygen atoms in total. The molecule has 1 aliphatic heterocycles. The van der Waals surface area contributed by atoms with E-state index in [0.717, 1.165) is 69.3 Å². The second-order valence-electron chi connectivity index (χ2n) is 6.99. The number of piperazine rings is 1. The Bertz CT molecular complexity index is 790. The fraction of sp³-hybridized carbons (Fsp3) is 0.409. The van der Waals surface area contributed by atoms with Crippen molar-refractivity contribution in [3.8, 4) is 5.75 Å². The predicted octanol–water partition coefficient (Wildman–Crippen LogP) is 3.65. The maximum absolute atomic E-state index is 5.84. The van der Waals surface area contributed by atoms with Gasteiger partial charge >= 0.3 is 0 Å². The van der Waals surface area contributed by atoms with Gasteiger partial charge < -0.3 is 14.5 Å². The Hall–Kier alpha value is -2.64. The van der Waals surface area contributed by atoms with Crippen molar-refractivity contribution in [1.29, 1.82) is 0 Å². The molecule has 0 saturated carbocycles. The standard InChI is InChI=1S/C22H28ClN5O2/c1-2-16-30-24-18-19-5-7-20(8-6-19)29-17-4-3-11-27-12-14-28(15-13-27)22-10-9-21(23)25-26-22/h2,5-10,18H,1,3-4,11-17H2/b24-18+. The third-order valence-corrected chi connectivity index (χ3v) is 5.00. The van der Waals surface area contributed by atoms with Crippen LogP contribution >= 0.6 is 11.6 Å². The van der Waals surface area contributed by atoms with E-state index in [2.05, 4.69) is 31.7 Å². The molecule has 1 saturated heterocycles. The average Bonchev–Trinajstić information content (AvgIpc) is 2.78. The van der Waals surface area contributed by atoms with Gasteiger partial charge in [-0.3, -0.25) is 4.90 Å². The van der Waals surface area contributed by atoms with Crippen molar-refractivity contribution < 1.29 is 9.57 Å². The summed E-state index contributed by atoms with van der Waals surface area (Å²) in [7, 11) is 0. The van der Waals surface area contributed by atoms with Crippen molar-refractivity contribution in [2.45, 2.75) is 12.8 Å². The van der Waals surface area contributed by atoms with E-state index in [4.69, 9.17) is 21.2 Å². The van der Waals surface area contributed by atoms with Crippen LogP contribution in [0.25, 0.3) is 0 Å². The lowest BCUT2D eigenvalue weighted by Crippen LogP contribution is -2.47. The molecule has 0 amide bonds. The SMILES string of the molecule is C=CCO/N=C/c1ccc(OCCCCN2CCN(c3ccc(Cl)nn3)CC2)cc1. The quantitative estimate of drug-likeness (QED) is 0.235. The van der Waals surface area contributed by atoms with Crippen molar-refractivity contribution >= 4 is 23.6 Å². The van der Waals surface area contributed by atoms with Crippen LogP contribution in [0.3, 0.4) is 0 Å². The predicted molar refractivity (Wildman–Crippen MR) is 121 cm³/mol. The first-order chi connectivity index (χ1) is 14.7. The van der Waals surface area contributed by atoms with Crippen molar-refractivity contribution in [2.75, 3.05) is 50.8 Å². The van der Waals surface area contributed by atoms with E-state index in [-0.39, 0.29) is 0 Å². The number of aromatic nitrogens is 2. The van der Waals surface area contributed by atoms with Crippen molar-refractivity contribution in [3.63, 3.8) is 0 Å². The number of benzene rings is 1. The Labute approximate surface area is 182 Å². The Balaban J connectivity index is 1.27. The van der Waals surface area contributed by atoms with Gasteiger partial charge in [-0.05, 0) is 61.3 Å². The Kier molecular flexibility index (Phi) is 8.93. The van der Waals surface area contributed by atoms with E-state index in [1.807, 2.05) is 30.3 Å². The zero-order valence-corrected chi connectivity index (χ0v) is 17.9. The van der Waals surface area contributed by atoms with Gasteiger partial charge in [0.1, 0.15) is 12.4 Å². The highest BCUT2D eigenvalue weighted by Gasteiger charge is 2.17. The fourth-order valence-corrected chi connectivity index (χ4v) is 3.25. The molecule has 1 aromatic carbocycles. The van der Waals surface area contributed by atoms with Crippen molar-refractivity contribution in [3.05, 3.63) is 59.8 Å². The summed E-state index contributed by atoms with van der Waals surface area (Å²) in [6, 6.07) is 11.5. The minimum Gasteiger partial charge on any atom is -0.494 e. The summed E-state index contributed by atoms with van der Waals surface area (Å²) in [6.07, 6.45) is 5.48. The number of ether oxygens (including phenoxy) is 1. The molecule has 160 valence electrons. The maximum Gasteiger partial charge on any atom is 0.151 e. The first-order valence-electron chi connectivity index (χ1n) is 10.2. The molecular formula is C22H28ClN5O2. The van der Waals surface area contributed by atoms with Crippen LogP contribution in [0.4, 0.5) is 5.82 Å². The van der Waals surface area contributed by atoms with E-state index < -0.39 is 0 Å². The summed E-state index contributed by atoms with van der Waals surface area (Å²) >= 11 is 5.81. The molecule has 0 atom stereocenters. The molecule has 3 rings (SSSR count). The smallest absolute Gasteiger partial charge is 0.151 e. The summed E-state index contributed by atoms with van der Waals surface area (Å²) in [5.41, 5.74) is 0.968. The number of hydrogen-bond donors (Lipinski definition) is 0. The van der Waals surface area contributed by atoms with Crippen LogP contribution in [0, 0.1) is 0 Å². The molecule has 1 aliphatic rings. The van der Waals surface area contributed by atoms with Crippen LogP contribution in [-0.2, 0) is 4.84 Å². The second-order valence-corrected chi connectivity index (χ2v) is 7.37. The highest BCUT2D eigenvalue weighted by Crippen LogP contribution is 2.15. The Morgan fingerprint density at radius 3 is 2.53 bits per heavy atom. The number of hydrogen-bond acceptors (Lipinski definition) is 7. The van der Waals surface area contributed by atoms with E-state index in [1.54, 1.807) is 18.4 Å². The highest BCUT2D eigenvalue weighted by atomic mass is 35.5. The van der Waals surface area contributed by atoms with Gasteiger partial charge in [0.05, 0.1) is 12.8 Å². The van der Waals surface area contributed by atoms with Crippen molar-refractivity contribution in [2.24, 2.45) is 5.16 Å². The van der Waals surface area contributed by atoms with Gasteiger partial charge in [0.25, 0.3) is 0 Å². The molecule has 0 spiro atoms. The van der Waals surface area contributed by atoms with Gasteiger partial charge in [0, 0.05) is 26.2 Å². The lowest BCUT2D eigenvalue weighted by atomic mass is 10.2. The van der Waals surface area contributed by atoms with E-state index >= 15 is 0 Å². The lowest BCUT2D eigenvalue weighted by molar-refractivity contribution is 0.176. The topological polar surface area (TPSA) is 63.1 Å². The van der Waals surface area contributed by atoms with E-state index in [0.29, 0.717) is 11.8 Å². The fourth-order valence-electron chi connectivity index (χ4n) is 3.15. The molecular weight excluding hydrogens is 402 g/mol.